The van der Waals surface area contributed by atoms with E-state index in [-0.39, 0.29) is 18.0 Å². The lowest BCUT2D eigenvalue weighted by molar-refractivity contribution is -0.115. The van der Waals surface area contributed by atoms with Crippen LogP contribution in [0.15, 0.2) is 85.2 Å². The van der Waals surface area contributed by atoms with Crippen molar-refractivity contribution in [1.82, 2.24) is 14.9 Å². The minimum atomic E-state index is -0.395. The van der Waals surface area contributed by atoms with E-state index >= 15 is 0 Å². The summed E-state index contributed by atoms with van der Waals surface area (Å²) in [5.74, 6) is -0.433. The molecule has 1 amide bonds. The van der Waals surface area contributed by atoms with Crippen molar-refractivity contribution in [3.05, 3.63) is 108 Å². The molecule has 1 aliphatic heterocycles. The Kier molecular flexibility index (Phi) is 7.42. The van der Waals surface area contributed by atoms with Gasteiger partial charge in [-0.05, 0) is 85.4 Å². The van der Waals surface area contributed by atoms with Crippen LogP contribution in [0.2, 0.25) is 0 Å². The zero-order valence-corrected chi connectivity index (χ0v) is 22.7. The summed E-state index contributed by atoms with van der Waals surface area (Å²) in [5.41, 5.74) is 5.69. The fourth-order valence-corrected chi connectivity index (χ4v) is 5.23. The molecule has 0 spiro atoms. The van der Waals surface area contributed by atoms with E-state index in [0.717, 1.165) is 34.0 Å². The van der Waals surface area contributed by atoms with E-state index in [9.17, 15) is 9.59 Å². The van der Waals surface area contributed by atoms with Gasteiger partial charge in [-0.15, -0.1) is 0 Å². The Morgan fingerprint density at radius 2 is 1.90 bits per heavy atom. The van der Waals surface area contributed by atoms with Crippen molar-refractivity contribution < 1.29 is 14.3 Å². The topological polar surface area (TPSA) is 88.5 Å². The fourth-order valence-electron chi connectivity index (χ4n) is 4.88. The van der Waals surface area contributed by atoms with Crippen molar-refractivity contribution in [1.29, 1.82) is 0 Å². The molecular formula is C30H29N5O3S. The SMILES string of the molecule is CCC(=O)Nc1ccc(N2C(=S)N[C@@H](c3ccccn3)[C@H]2c2cccn2-c2cccc(C(=O)OC)c2)cc1C. The number of carbonyl (C=O) groups excluding carboxylic acids is 2. The van der Waals surface area contributed by atoms with Crippen molar-refractivity contribution in [3.8, 4) is 5.69 Å². The normalized spacial score (nSPS) is 16.6. The number of hydrogen-bond donors (Lipinski definition) is 2. The largest absolute Gasteiger partial charge is 0.465 e. The number of nitrogens with zero attached hydrogens (tertiary/aromatic N) is 3. The van der Waals surface area contributed by atoms with Crippen molar-refractivity contribution in [3.63, 3.8) is 0 Å². The number of methoxy groups -OCH3 is 1. The van der Waals surface area contributed by atoms with Crippen molar-refractivity contribution >= 4 is 40.6 Å². The van der Waals surface area contributed by atoms with Crippen LogP contribution in [0.25, 0.3) is 5.69 Å². The molecule has 2 atom stereocenters. The van der Waals surface area contributed by atoms with Gasteiger partial charge in [-0.2, -0.15) is 0 Å². The standard InChI is InChI=1S/C30H29N5O3S/c1-4-26(36)32-23-14-13-22(17-19(23)2)35-28(27(33-30(35)39)24-11-5-6-15-31-24)25-12-8-16-34(25)21-10-7-9-20(18-21)29(37)38-3/h5-18,27-28H,4H2,1-3H3,(H,32,36)(H,33,39)/t27-,28+/m0/s1. The number of rotatable bonds is 7. The van der Waals surface area contributed by atoms with Crippen LogP contribution < -0.4 is 15.5 Å². The number of pyridine rings is 1. The van der Waals surface area contributed by atoms with E-state index in [0.29, 0.717) is 17.1 Å². The molecule has 3 heterocycles. The van der Waals surface area contributed by atoms with Gasteiger partial charge in [0, 0.05) is 41.6 Å². The number of hydrogen-bond acceptors (Lipinski definition) is 5. The van der Waals surface area contributed by atoms with Gasteiger partial charge in [0.2, 0.25) is 5.91 Å². The highest BCUT2D eigenvalue weighted by atomic mass is 32.1. The van der Waals surface area contributed by atoms with E-state index in [4.69, 9.17) is 17.0 Å². The van der Waals surface area contributed by atoms with Gasteiger partial charge in [0.25, 0.3) is 0 Å². The van der Waals surface area contributed by atoms with Crippen LogP contribution in [0.4, 0.5) is 11.4 Å². The Balaban J connectivity index is 1.61. The third-order valence-corrected chi connectivity index (χ3v) is 7.12. The lowest BCUT2D eigenvalue weighted by atomic mass is 10.00. The van der Waals surface area contributed by atoms with Crippen LogP contribution in [0.5, 0.6) is 0 Å². The van der Waals surface area contributed by atoms with Crippen molar-refractivity contribution in [2.75, 3.05) is 17.3 Å². The van der Waals surface area contributed by atoms with Gasteiger partial charge in [-0.25, -0.2) is 4.79 Å². The molecular weight excluding hydrogens is 510 g/mol. The lowest BCUT2D eigenvalue weighted by Gasteiger charge is -2.29. The van der Waals surface area contributed by atoms with Gasteiger partial charge in [-0.3, -0.25) is 9.78 Å². The summed E-state index contributed by atoms with van der Waals surface area (Å²) in [6, 6.07) is 22.6. The summed E-state index contributed by atoms with van der Waals surface area (Å²) in [6.07, 6.45) is 4.15. The molecule has 4 aromatic rings. The van der Waals surface area contributed by atoms with Crippen molar-refractivity contribution in [2.45, 2.75) is 32.4 Å². The second kappa shape index (κ2) is 11.1. The van der Waals surface area contributed by atoms with Crippen LogP contribution in [0.3, 0.4) is 0 Å². The first-order valence-corrected chi connectivity index (χ1v) is 13.1. The summed E-state index contributed by atoms with van der Waals surface area (Å²) in [5, 5.41) is 7.01. The van der Waals surface area contributed by atoms with Crippen molar-refractivity contribution in [2.24, 2.45) is 0 Å². The number of thiocarbonyl (C=S) groups is 1. The number of ether oxygens (including phenoxy) is 1. The first-order valence-electron chi connectivity index (χ1n) is 12.7. The first kappa shape index (κ1) is 26.1. The highest BCUT2D eigenvalue weighted by Gasteiger charge is 2.42. The van der Waals surface area contributed by atoms with Gasteiger partial charge in [0.05, 0.1) is 24.4 Å². The average Bonchev–Trinajstić information content (AvgIpc) is 3.58. The molecule has 2 aromatic carbocycles. The Morgan fingerprint density at radius 3 is 2.62 bits per heavy atom. The first-order chi connectivity index (χ1) is 18.9. The molecule has 0 radical (unpaired) electrons. The molecule has 0 aliphatic carbocycles. The summed E-state index contributed by atoms with van der Waals surface area (Å²) in [7, 11) is 1.37. The third-order valence-electron chi connectivity index (χ3n) is 6.81. The minimum Gasteiger partial charge on any atom is -0.465 e. The number of aromatic nitrogens is 2. The van der Waals surface area contributed by atoms with Gasteiger partial charge in [-0.1, -0.05) is 19.1 Å². The molecule has 2 N–H and O–H groups in total. The quantitative estimate of drug-likeness (QED) is 0.237. The highest BCUT2D eigenvalue weighted by molar-refractivity contribution is 7.80. The van der Waals surface area contributed by atoms with Crippen LogP contribution in [0.1, 0.15) is 52.7 Å². The number of benzene rings is 2. The molecule has 39 heavy (non-hydrogen) atoms. The number of aryl methyl sites for hydroxylation is 1. The Morgan fingerprint density at radius 1 is 1.05 bits per heavy atom. The molecule has 198 valence electrons. The van der Waals surface area contributed by atoms with Gasteiger partial charge in [0.15, 0.2) is 5.11 Å². The van der Waals surface area contributed by atoms with E-state index in [1.807, 2.05) is 80.7 Å². The number of anilines is 2. The Bertz CT molecular complexity index is 1530. The molecule has 8 nitrogen and oxygen atoms in total. The van der Waals surface area contributed by atoms with E-state index in [1.54, 1.807) is 12.3 Å². The highest BCUT2D eigenvalue weighted by Crippen LogP contribution is 2.43. The summed E-state index contributed by atoms with van der Waals surface area (Å²) >= 11 is 5.89. The number of carbonyl (C=O) groups is 2. The summed E-state index contributed by atoms with van der Waals surface area (Å²) in [4.78, 5) is 31.0. The third kappa shape index (κ3) is 5.13. The molecule has 1 fully saturated rings. The minimum absolute atomic E-state index is 0.0377. The molecule has 2 aromatic heterocycles. The molecule has 1 saturated heterocycles. The van der Waals surface area contributed by atoms with Gasteiger partial charge >= 0.3 is 5.97 Å². The number of amides is 1. The maximum Gasteiger partial charge on any atom is 0.337 e. The lowest BCUT2D eigenvalue weighted by Crippen LogP contribution is -2.30. The second-order valence-corrected chi connectivity index (χ2v) is 9.63. The molecule has 5 rings (SSSR count). The maximum atomic E-state index is 12.2. The molecule has 9 heteroatoms. The molecule has 0 saturated carbocycles. The molecule has 0 unspecified atom stereocenters. The zero-order valence-electron chi connectivity index (χ0n) is 21.9. The maximum absolute atomic E-state index is 12.2. The van der Waals surface area contributed by atoms with Crippen LogP contribution in [-0.2, 0) is 9.53 Å². The number of esters is 1. The molecule has 1 aliphatic rings. The van der Waals surface area contributed by atoms with Crippen LogP contribution >= 0.6 is 12.2 Å². The fraction of sp³-hybridized carbons (Fsp3) is 0.200. The smallest absolute Gasteiger partial charge is 0.337 e. The predicted octanol–water partition coefficient (Wildman–Crippen LogP) is 5.49. The van der Waals surface area contributed by atoms with Gasteiger partial charge < -0.3 is 24.8 Å². The zero-order chi connectivity index (χ0) is 27.5. The summed E-state index contributed by atoms with van der Waals surface area (Å²) < 4.78 is 6.99. The van der Waals surface area contributed by atoms with E-state index in [1.165, 1.54) is 7.11 Å². The van der Waals surface area contributed by atoms with E-state index < -0.39 is 5.97 Å². The molecule has 0 bridgehead atoms. The second-order valence-electron chi connectivity index (χ2n) is 9.24. The van der Waals surface area contributed by atoms with E-state index in [2.05, 4.69) is 31.2 Å². The predicted molar refractivity (Wildman–Crippen MR) is 155 cm³/mol. The van der Waals surface area contributed by atoms with Crippen LogP contribution in [-0.4, -0.2) is 33.6 Å². The Hall–Kier alpha value is -4.50. The van der Waals surface area contributed by atoms with Crippen LogP contribution in [0, 0.1) is 6.92 Å². The monoisotopic (exact) mass is 539 g/mol. The summed E-state index contributed by atoms with van der Waals surface area (Å²) in [6.45, 7) is 3.79. The number of nitrogens with one attached hydrogen (secondary N) is 2. The average molecular weight is 540 g/mol. The Labute approximate surface area is 232 Å². The van der Waals surface area contributed by atoms with Gasteiger partial charge in [0.1, 0.15) is 6.04 Å².